The summed E-state index contributed by atoms with van der Waals surface area (Å²) in [6, 6.07) is 16.2. The van der Waals surface area contributed by atoms with Crippen molar-refractivity contribution in [1.29, 1.82) is 0 Å². The highest BCUT2D eigenvalue weighted by Crippen LogP contribution is 2.22. The molecule has 1 saturated heterocycles. The standard InChI is InChI=1S/C21H21N7O2S/c29-31(30,19-4-2-1-3-5-19)28-20-16(15-24-28)14-23-21(26-20)25-17-6-8-18(9-7-17)27-12-10-22-11-13-27/h1-9,14-15,22H,10-13H2,(H,23,25,26). The normalized spacial score (nSPS) is 14.6. The summed E-state index contributed by atoms with van der Waals surface area (Å²) in [5.41, 5.74) is 2.20. The van der Waals surface area contributed by atoms with Gasteiger partial charge in [0.15, 0.2) is 5.65 Å². The molecule has 1 fully saturated rings. The average Bonchev–Trinajstić information content (AvgIpc) is 3.25. The zero-order chi connectivity index (χ0) is 21.3. The third kappa shape index (κ3) is 3.82. The minimum atomic E-state index is -3.85. The van der Waals surface area contributed by atoms with Gasteiger partial charge in [0.2, 0.25) is 5.95 Å². The predicted octanol–water partition coefficient (Wildman–Crippen LogP) is 2.22. The molecule has 0 spiro atoms. The highest BCUT2D eigenvalue weighted by Gasteiger charge is 2.21. The molecule has 1 aliphatic rings. The maximum absolute atomic E-state index is 13.0. The summed E-state index contributed by atoms with van der Waals surface area (Å²) in [7, 11) is -3.85. The largest absolute Gasteiger partial charge is 0.369 e. The van der Waals surface area contributed by atoms with Gasteiger partial charge in [0, 0.05) is 43.8 Å². The molecular weight excluding hydrogens is 414 g/mol. The molecule has 3 heterocycles. The Kier molecular flexibility index (Phi) is 5.00. The molecule has 9 nitrogen and oxygen atoms in total. The van der Waals surface area contributed by atoms with E-state index in [1.807, 2.05) is 12.1 Å². The summed E-state index contributed by atoms with van der Waals surface area (Å²) in [4.78, 5) is 11.2. The number of piperazine rings is 1. The SMILES string of the molecule is O=S(=O)(c1ccccc1)n1ncc2cnc(Nc3ccc(N4CCNCC4)cc3)nc21. The number of rotatable bonds is 5. The third-order valence-electron chi connectivity index (χ3n) is 5.15. The predicted molar refractivity (Wildman–Crippen MR) is 119 cm³/mol. The van der Waals surface area contributed by atoms with Gasteiger partial charge in [0.25, 0.3) is 10.0 Å². The minimum Gasteiger partial charge on any atom is -0.369 e. The Morgan fingerprint density at radius 1 is 0.935 bits per heavy atom. The number of fused-ring (bicyclic) bond motifs is 1. The number of hydrogen-bond donors (Lipinski definition) is 2. The maximum atomic E-state index is 13.0. The van der Waals surface area contributed by atoms with Crippen molar-refractivity contribution in [3.8, 4) is 0 Å². The van der Waals surface area contributed by atoms with Crippen molar-refractivity contribution in [2.45, 2.75) is 4.90 Å². The van der Waals surface area contributed by atoms with Crippen molar-refractivity contribution in [3.05, 3.63) is 67.0 Å². The van der Waals surface area contributed by atoms with Gasteiger partial charge in [-0.25, -0.2) is 4.98 Å². The fourth-order valence-corrected chi connectivity index (χ4v) is 4.78. The van der Waals surface area contributed by atoms with Crippen LogP contribution in [0.15, 0.2) is 71.9 Å². The van der Waals surface area contributed by atoms with Crippen LogP contribution in [0.4, 0.5) is 17.3 Å². The van der Waals surface area contributed by atoms with E-state index in [1.54, 1.807) is 24.4 Å². The molecule has 0 atom stereocenters. The van der Waals surface area contributed by atoms with Crippen molar-refractivity contribution in [1.82, 2.24) is 24.5 Å². The summed E-state index contributed by atoms with van der Waals surface area (Å²) >= 11 is 0. The van der Waals surface area contributed by atoms with Crippen molar-refractivity contribution in [2.75, 3.05) is 36.4 Å². The zero-order valence-corrected chi connectivity index (χ0v) is 17.5. The van der Waals surface area contributed by atoms with Crippen LogP contribution in [0.25, 0.3) is 11.0 Å². The quantitative estimate of drug-likeness (QED) is 0.492. The van der Waals surface area contributed by atoms with E-state index in [9.17, 15) is 8.42 Å². The molecule has 0 amide bonds. The molecule has 0 aliphatic carbocycles. The van der Waals surface area contributed by atoms with Gasteiger partial charge in [-0.3, -0.25) is 0 Å². The van der Waals surface area contributed by atoms with Gasteiger partial charge in [-0.05, 0) is 36.4 Å². The van der Waals surface area contributed by atoms with Crippen LogP contribution in [0, 0.1) is 0 Å². The van der Waals surface area contributed by atoms with Crippen LogP contribution in [0.1, 0.15) is 0 Å². The molecule has 2 aromatic carbocycles. The first-order valence-electron chi connectivity index (χ1n) is 9.95. The molecule has 31 heavy (non-hydrogen) atoms. The average molecular weight is 436 g/mol. The summed E-state index contributed by atoms with van der Waals surface area (Å²) in [5.74, 6) is 0.299. The Morgan fingerprint density at radius 3 is 2.42 bits per heavy atom. The Hall–Kier alpha value is -3.50. The van der Waals surface area contributed by atoms with E-state index in [2.05, 4.69) is 42.7 Å². The molecule has 1 aliphatic heterocycles. The van der Waals surface area contributed by atoms with E-state index in [-0.39, 0.29) is 10.5 Å². The van der Waals surface area contributed by atoms with Crippen LogP contribution in [0.5, 0.6) is 0 Å². The lowest BCUT2D eigenvalue weighted by molar-refractivity contribution is 0.582. The van der Waals surface area contributed by atoms with E-state index in [0.717, 1.165) is 41.6 Å². The maximum Gasteiger partial charge on any atom is 0.284 e. The lowest BCUT2D eigenvalue weighted by atomic mass is 10.2. The Bertz CT molecular complexity index is 1300. The van der Waals surface area contributed by atoms with E-state index in [1.165, 1.54) is 18.3 Å². The van der Waals surface area contributed by atoms with Crippen LogP contribution >= 0.6 is 0 Å². The van der Waals surface area contributed by atoms with Crippen LogP contribution < -0.4 is 15.5 Å². The Balaban J connectivity index is 1.42. The topological polar surface area (TPSA) is 105 Å². The van der Waals surface area contributed by atoms with Gasteiger partial charge in [-0.1, -0.05) is 18.2 Å². The van der Waals surface area contributed by atoms with Gasteiger partial charge in [-0.15, -0.1) is 4.09 Å². The minimum absolute atomic E-state index is 0.150. The fraction of sp³-hybridized carbons (Fsp3) is 0.190. The molecule has 10 heteroatoms. The summed E-state index contributed by atoms with van der Waals surface area (Å²) in [6.07, 6.45) is 3.01. The Morgan fingerprint density at radius 2 is 1.68 bits per heavy atom. The first-order valence-corrected chi connectivity index (χ1v) is 11.4. The van der Waals surface area contributed by atoms with Crippen LogP contribution in [-0.4, -0.2) is 53.8 Å². The second-order valence-electron chi connectivity index (χ2n) is 7.19. The monoisotopic (exact) mass is 435 g/mol. The van der Waals surface area contributed by atoms with E-state index >= 15 is 0 Å². The lowest BCUT2D eigenvalue weighted by Gasteiger charge is -2.29. The number of aromatic nitrogens is 4. The molecule has 2 N–H and O–H groups in total. The number of nitrogens with one attached hydrogen (secondary N) is 2. The summed E-state index contributed by atoms with van der Waals surface area (Å²) in [5, 5.41) is 11.1. The van der Waals surface area contributed by atoms with E-state index in [4.69, 9.17) is 0 Å². The molecule has 4 aromatic rings. The van der Waals surface area contributed by atoms with Gasteiger partial charge < -0.3 is 15.5 Å². The summed E-state index contributed by atoms with van der Waals surface area (Å²) in [6.45, 7) is 3.92. The molecule has 5 rings (SSSR count). The molecule has 158 valence electrons. The van der Waals surface area contributed by atoms with Crippen molar-refractivity contribution < 1.29 is 8.42 Å². The molecule has 0 bridgehead atoms. The lowest BCUT2D eigenvalue weighted by Crippen LogP contribution is -2.43. The number of nitrogens with zero attached hydrogens (tertiary/aromatic N) is 5. The van der Waals surface area contributed by atoms with E-state index < -0.39 is 10.0 Å². The molecule has 0 saturated carbocycles. The second-order valence-corrected chi connectivity index (χ2v) is 8.95. The fourth-order valence-electron chi connectivity index (χ4n) is 3.53. The van der Waals surface area contributed by atoms with Crippen molar-refractivity contribution >= 4 is 38.4 Å². The summed E-state index contributed by atoms with van der Waals surface area (Å²) < 4.78 is 26.9. The van der Waals surface area contributed by atoms with Gasteiger partial charge in [0.1, 0.15) is 0 Å². The smallest absolute Gasteiger partial charge is 0.284 e. The second kappa shape index (κ2) is 7.97. The van der Waals surface area contributed by atoms with Crippen LogP contribution in [0.3, 0.4) is 0 Å². The zero-order valence-electron chi connectivity index (χ0n) is 16.6. The number of hydrogen-bond acceptors (Lipinski definition) is 8. The van der Waals surface area contributed by atoms with E-state index in [0.29, 0.717) is 11.3 Å². The number of anilines is 3. The Labute approximate surface area is 179 Å². The highest BCUT2D eigenvalue weighted by atomic mass is 32.2. The van der Waals surface area contributed by atoms with Gasteiger partial charge in [-0.2, -0.15) is 18.5 Å². The third-order valence-corrected chi connectivity index (χ3v) is 6.74. The first-order chi connectivity index (χ1) is 15.1. The van der Waals surface area contributed by atoms with Gasteiger partial charge >= 0.3 is 0 Å². The highest BCUT2D eigenvalue weighted by molar-refractivity contribution is 7.90. The van der Waals surface area contributed by atoms with Gasteiger partial charge in [0.05, 0.1) is 16.5 Å². The molecule has 2 aromatic heterocycles. The number of benzene rings is 2. The molecule has 0 radical (unpaired) electrons. The van der Waals surface area contributed by atoms with Crippen LogP contribution in [0.2, 0.25) is 0 Å². The first kappa shape index (κ1) is 19.5. The van der Waals surface area contributed by atoms with Crippen molar-refractivity contribution in [2.24, 2.45) is 0 Å². The molecular formula is C21H21N7O2S. The van der Waals surface area contributed by atoms with Crippen molar-refractivity contribution in [3.63, 3.8) is 0 Å². The molecule has 0 unspecified atom stereocenters. The van der Waals surface area contributed by atoms with Crippen LogP contribution in [-0.2, 0) is 10.0 Å².